The van der Waals surface area contributed by atoms with Crippen molar-refractivity contribution in [3.63, 3.8) is 0 Å². The summed E-state index contributed by atoms with van der Waals surface area (Å²) in [6, 6.07) is 4.98. The van der Waals surface area contributed by atoms with Crippen LogP contribution in [0.25, 0.3) is 11.0 Å². The zero-order chi connectivity index (χ0) is 12.3. The SMILES string of the molecule is CCOC(OCC)c1nc2ccc(O)cc2[nH]1. The largest absolute Gasteiger partial charge is 0.508 e. The second kappa shape index (κ2) is 5.16. The van der Waals surface area contributed by atoms with Gasteiger partial charge in [0.25, 0.3) is 0 Å². The van der Waals surface area contributed by atoms with E-state index < -0.39 is 6.29 Å². The summed E-state index contributed by atoms with van der Waals surface area (Å²) in [5.41, 5.74) is 1.55. The van der Waals surface area contributed by atoms with Gasteiger partial charge in [-0.2, -0.15) is 0 Å². The van der Waals surface area contributed by atoms with Crippen molar-refractivity contribution in [2.24, 2.45) is 0 Å². The molecule has 0 atom stereocenters. The lowest BCUT2D eigenvalue weighted by atomic mass is 10.3. The first-order valence-corrected chi connectivity index (χ1v) is 5.66. The van der Waals surface area contributed by atoms with Crippen LogP contribution in [0.3, 0.4) is 0 Å². The highest BCUT2D eigenvalue weighted by Gasteiger charge is 2.15. The summed E-state index contributed by atoms with van der Waals surface area (Å²) in [5, 5.41) is 9.37. The summed E-state index contributed by atoms with van der Waals surface area (Å²) in [6.07, 6.45) is -0.487. The van der Waals surface area contributed by atoms with Crippen LogP contribution in [-0.2, 0) is 9.47 Å². The summed E-state index contributed by atoms with van der Waals surface area (Å²) in [7, 11) is 0. The van der Waals surface area contributed by atoms with Crippen molar-refractivity contribution in [1.82, 2.24) is 9.97 Å². The van der Waals surface area contributed by atoms with Gasteiger partial charge in [0.2, 0.25) is 6.29 Å². The Kier molecular flexibility index (Phi) is 3.61. The Morgan fingerprint density at radius 3 is 2.65 bits per heavy atom. The van der Waals surface area contributed by atoms with E-state index in [4.69, 9.17) is 9.47 Å². The van der Waals surface area contributed by atoms with E-state index in [0.29, 0.717) is 19.0 Å². The van der Waals surface area contributed by atoms with E-state index in [2.05, 4.69) is 9.97 Å². The van der Waals surface area contributed by atoms with Gasteiger partial charge in [-0.1, -0.05) is 0 Å². The van der Waals surface area contributed by atoms with Gasteiger partial charge in [0.1, 0.15) is 5.75 Å². The summed E-state index contributed by atoms with van der Waals surface area (Å²) in [4.78, 5) is 7.46. The number of phenolic OH excluding ortho intramolecular Hbond substituents is 1. The average Bonchev–Trinajstić information content (AvgIpc) is 2.71. The van der Waals surface area contributed by atoms with E-state index in [9.17, 15) is 5.11 Å². The second-order valence-corrected chi connectivity index (χ2v) is 3.57. The highest BCUT2D eigenvalue weighted by atomic mass is 16.7. The van der Waals surface area contributed by atoms with Crippen LogP contribution < -0.4 is 0 Å². The van der Waals surface area contributed by atoms with Gasteiger partial charge in [-0.3, -0.25) is 0 Å². The molecule has 5 nitrogen and oxygen atoms in total. The number of aromatic nitrogens is 2. The molecular formula is C12H16N2O3. The normalized spacial score (nSPS) is 11.5. The molecule has 5 heteroatoms. The van der Waals surface area contributed by atoms with Crippen LogP contribution in [0.2, 0.25) is 0 Å². The summed E-state index contributed by atoms with van der Waals surface area (Å²) >= 11 is 0. The number of imidazole rings is 1. The Balaban J connectivity index is 2.33. The van der Waals surface area contributed by atoms with Gasteiger partial charge >= 0.3 is 0 Å². The smallest absolute Gasteiger partial charge is 0.217 e. The zero-order valence-corrected chi connectivity index (χ0v) is 9.93. The Bertz CT molecular complexity index is 489. The van der Waals surface area contributed by atoms with Gasteiger partial charge in [0.15, 0.2) is 5.82 Å². The van der Waals surface area contributed by atoms with Gasteiger partial charge < -0.3 is 19.6 Å². The van der Waals surface area contributed by atoms with Gasteiger partial charge in [-0.25, -0.2) is 4.98 Å². The predicted octanol–water partition coefficient (Wildman–Crippen LogP) is 2.34. The molecule has 0 amide bonds. The second-order valence-electron chi connectivity index (χ2n) is 3.57. The van der Waals surface area contributed by atoms with Crippen molar-refractivity contribution in [2.75, 3.05) is 13.2 Å². The molecule has 0 saturated carbocycles. The molecule has 2 rings (SSSR count). The third-order valence-corrected chi connectivity index (χ3v) is 2.34. The van der Waals surface area contributed by atoms with Crippen LogP contribution in [0, 0.1) is 0 Å². The number of hydrogen-bond acceptors (Lipinski definition) is 4. The number of benzene rings is 1. The Morgan fingerprint density at radius 1 is 1.29 bits per heavy atom. The van der Waals surface area contributed by atoms with Gasteiger partial charge in [-0.05, 0) is 26.0 Å². The van der Waals surface area contributed by atoms with Crippen LogP contribution in [0.1, 0.15) is 26.0 Å². The molecule has 0 spiro atoms. The maximum Gasteiger partial charge on any atom is 0.217 e. The van der Waals surface area contributed by atoms with Crippen molar-refractivity contribution >= 4 is 11.0 Å². The standard InChI is InChI=1S/C12H16N2O3/c1-3-16-12(17-4-2)11-13-9-6-5-8(15)7-10(9)14-11/h5-7,12,15H,3-4H2,1-2H3,(H,13,14). The number of aromatic hydroxyl groups is 1. The Morgan fingerprint density at radius 2 is 2.00 bits per heavy atom. The van der Waals surface area contributed by atoms with Crippen molar-refractivity contribution in [3.05, 3.63) is 24.0 Å². The number of nitrogens with zero attached hydrogens (tertiary/aromatic N) is 1. The first-order valence-electron chi connectivity index (χ1n) is 5.66. The zero-order valence-electron chi connectivity index (χ0n) is 9.93. The van der Waals surface area contributed by atoms with Crippen molar-refractivity contribution in [3.8, 4) is 5.75 Å². The number of aromatic amines is 1. The number of rotatable bonds is 5. The van der Waals surface area contributed by atoms with Crippen molar-refractivity contribution in [2.45, 2.75) is 20.1 Å². The highest BCUT2D eigenvalue weighted by molar-refractivity contribution is 5.76. The fourth-order valence-electron chi connectivity index (χ4n) is 1.64. The van der Waals surface area contributed by atoms with Crippen LogP contribution in [-0.4, -0.2) is 28.3 Å². The maximum absolute atomic E-state index is 9.37. The van der Waals surface area contributed by atoms with Gasteiger partial charge in [0, 0.05) is 19.3 Å². The molecule has 0 aliphatic heterocycles. The molecule has 0 aliphatic carbocycles. The lowest BCUT2D eigenvalue weighted by molar-refractivity contribution is -0.144. The molecule has 1 aromatic heterocycles. The van der Waals surface area contributed by atoms with Gasteiger partial charge in [0.05, 0.1) is 11.0 Å². The van der Waals surface area contributed by atoms with Crippen LogP contribution in [0.15, 0.2) is 18.2 Å². The first-order chi connectivity index (χ1) is 8.24. The third-order valence-electron chi connectivity index (χ3n) is 2.34. The monoisotopic (exact) mass is 236 g/mol. The quantitative estimate of drug-likeness (QED) is 0.782. The van der Waals surface area contributed by atoms with E-state index in [0.717, 1.165) is 11.0 Å². The van der Waals surface area contributed by atoms with E-state index >= 15 is 0 Å². The van der Waals surface area contributed by atoms with E-state index in [1.807, 2.05) is 13.8 Å². The summed E-state index contributed by atoms with van der Waals surface area (Å²) in [6.45, 7) is 4.90. The average molecular weight is 236 g/mol. The Hall–Kier alpha value is -1.59. The highest BCUT2D eigenvalue weighted by Crippen LogP contribution is 2.22. The van der Waals surface area contributed by atoms with E-state index in [-0.39, 0.29) is 5.75 Å². The summed E-state index contributed by atoms with van der Waals surface area (Å²) < 4.78 is 10.9. The lowest BCUT2D eigenvalue weighted by Gasteiger charge is -2.13. The molecule has 0 fully saturated rings. The van der Waals surface area contributed by atoms with Crippen LogP contribution >= 0.6 is 0 Å². The number of hydrogen-bond donors (Lipinski definition) is 2. The fraction of sp³-hybridized carbons (Fsp3) is 0.417. The van der Waals surface area contributed by atoms with Crippen LogP contribution in [0.5, 0.6) is 5.75 Å². The Labute approximate surface area is 99.4 Å². The molecule has 2 aromatic rings. The molecule has 1 heterocycles. The predicted molar refractivity (Wildman–Crippen MR) is 63.8 cm³/mol. The minimum atomic E-state index is -0.487. The van der Waals surface area contributed by atoms with Crippen molar-refractivity contribution < 1.29 is 14.6 Å². The number of H-pyrrole nitrogens is 1. The molecule has 92 valence electrons. The first kappa shape index (κ1) is 11.9. The molecular weight excluding hydrogens is 220 g/mol. The molecule has 17 heavy (non-hydrogen) atoms. The topological polar surface area (TPSA) is 67.4 Å². The van der Waals surface area contributed by atoms with E-state index in [1.165, 1.54) is 0 Å². The third kappa shape index (κ3) is 2.57. The molecule has 0 saturated heterocycles. The summed E-state index contributed by atoms with van der Waals surface area (Å²) in [5.74, 6) is 0.825. The molecule has 0 unspecified atom stereocenters. The van der Waals surface area contributed by atoms with Crippen LogP contribution in [0.4, 0.5) is 0 Å². The van der Waals surface area contributed by atoms with Crippen molar-refractivity contribution in [1.29, 1.82) is 0 Å². The number of nitrogens with one attached hydrogen (secondary N) is 1. The number of fused-ring (bicyclic) bond motifs is 1. The molecule has 0 radical (unpaired) electrons. The minimum Gasteiger partial charge on any atom is -0.508 e. The molecule has 1 aromatic carbocycles. The minimum absolute atomic E-state index is 0.206. The number of ether oxygens (including phenoxy) is 2. The molecule has 0 bridgehead atoms. The van der Waals surface area contributed by atoms with E-state index in [1.54, 1.807) is 18.2 Å². The fourth-order valence-corrected chi connectivity index (χ4v) is 1.64. The van der Waals surface area contributed by atoms with Gasteiger partial charge in [-0.15, -0.1) is 0 Å². The number of phenols is 1. The maximum atomic E-state index is 9.37. The molecule has 0 aliphatic rings. The lowest BCUT2D eigenvalue weighted by Crippen LogP contribution is -2.10. The molecule has 2 N–H and O–H groups in total.